The Bertz CT molecular complexity index is 750. The van der Waals surface area contributed by atoms with Crippen molar-refractivity contribution in [1.29, 1.82) is 0 Å². The molecule has 6 heteroatoms. The van der Waals surface area contributed by atoms with Crippen molar-refractivity contribution in [1.82, 2.24) is 10.3 Å². The largest absolute Gasteiger partial charge is 0.278 e. The Labute approximate surface area is 156 Å². The highest BCUT2D eigenvalue weighted by Crippen LogP contribution is 2.61. The van der Waals surface area contributed by atoms with E-state index < -0.39 is 10.0 Å². The molecule has 0 atom stereocenters. The van der Waals surface area contributed by atoms with Crippen molar-refractivity contribution in [3.05, 3.63) is 29.8 Å². The summed E-state index contributed by atoms with van der Waals surface area (Å²) in [6.07, 6.45) is 8.71. The van der Waals surface area contributed by atoms with Crippen molar-refractivity contribution in [3.8, 4) is 0 Å². The summed E-state index contributed by atoms with van der Waals surface area (Å²) in [5, 5.41) is 0. The number of benzene rings is 1. The number of hydrazine groups is 1. The highest BCUT2D eigenvalue weighted by atomic mass is 32.2. The van der Waals surface area contributed by atoms with E-state index in [1.54, 1.807) is 24.3 Å². The number of nitrogens with one attached hydrogen (secondary N) is 2. The maximum Gasteiger partial charge on any atom is 0.257 e. The lowest BCUT2D eigenvalue weighted by atomic mass is 9.49. The van der Waals surface area contributed by atoms with Gasteiger partial charge in [0.25, 0.3) is 10.0 Å². The van der Waals surface area contributed by atoms with Gasteiger partial charge < -0.3 is 0 Å². The first-order chi connectivity index (χ1) is 12.4. The Morgan fingerprint density at radius 3 is 2.08 bits per heavy atom. The SMILES string of the molecule is CCc1ccc(S(=O)(=O)NNC(=O)CC23CC4CC(CC(C4)C2)C3)cc1. The van der Waals surface area contributed by atoms with Gasteiger partial charge in [-0.2, -0.15) is 0 Å². The number of sulfonamides is 1. The molecule has 4 bridgehead atoms. The molecule has 1 amide bonds. The van der Waals surface area contributed by atoms with Gasteiger partial charge in [-0.05, 0) is 85.8 Å². The van der Waals surface area contributed by atoms with E-state index in [9.17, 15) is 13.2 Å². The minimum Gasteiger partial charge on any atom is -0.278 e. The van der Waals surface area contributed by atoms with Crippen LogP contribution in [0.1, 0.15) is 57.4 Å². The van der Waals surface area contributed by atoms with E-state index in [4.69, 9.17) is 0 Å². The zero-order valence-corrected chi connectivity index (χ0v) is 16.1. The van der Waals surface area contributed by atoms with Crippen LogP contribution in [0.5, 0.6) is 0 Å². The molecular weight excluding hydrogens is 348 g/mol. The molecule has 4 aliphatic rings. The molecule has 4 aliphatic carbocycles. The third-order valence-corrected chi connectivity index (χ3v) is 7.93. The van der Waals surface area contributed by atoms with Crippen LogP contribution in [0.3, 0.4) is 0 Å². The maximum atomic E-state index is 12.5. The lowest BCUT2D eigenvalue weighted by molar-refractivity contribution is -0.129. The van der Waals surface area contributed by atoms with E-state index in [0.717, 1.165) is 49.0 Å². The summed E-state index contributed by atoms with van der Waals surface area (Å²) >= 11 is 0. The molecule has 0 spiro atoms. The number of carbonyl (C=O) groups is 1. The second-order valence-corrected chi connectivity index (χ2v) is 10.4. The van der Waals surface area contributed by atoms with E-state index in [1.807, 2.05) is 6.92 Å². The fourth-order valence-electron chi connectivity index (χ4n) is 5.98. The van der Waals surface area contributed by atoms with E-state index >= 15 is 0 Å². The van der Waals surface area contributed by atoms with Crippen molar-refractivity contribution >= 4 is 15.9 Å². The van der Waals surface area contributed by atoms with Gasteiger partial charge in [0, 0.05) is 6.42 Å². The molecule has 26 heavy (non-hydrogen) atoms. The Morgan fingerprint density at radius 2 is 1.58 bits per heavy atom. The molecule has 5 nitrogen and oxygen atoms in total. The lowest BCUT2D eigenvalue weighted by Crippen LogP contribution is -2.50. The Hall–Kier alpha value is -1.40. The molecule has 0 aromatic heterocycles. The molecule has 2 N–H and O–H groups in total. The van der Waals surface area contributed by atoms with Crippen molar-refractivity contribution in [2.75, 3.05) is 0 Å². The number of aryl methyl sites for hydroxylation is 1. The standard InChI is InChI=1S/C20H28N2O3S/c1-2-14-3-5-18(6-4-14)26(24,25)22-21-19(23)13-20-10-15-7-16(11-20)9-17(8-15)12-20/h3-6,15-17,22H,2,7-13H2,1H3,(H,21,23). The molecular formula is C20H28N2O3S. The predicted molar refractivity (Wildman–Crippen MR) is 99.5 cm³/mol. The Balaban J connectivity index is 1.36. The van der Waals surface area contributed by atoms with E-state index in [2.05, 4.69) is 10.3 Å². The topological polar surface area (TPSA) is 75.3 Å². The van der Waals surface area contributed by atoms with Gasteiger partial charge in [-0.15, -0.1) is 4.83 Å². The van der Waals surface area contributed by atoms with Gasteiger partial charge in [0.2, 0.25) is 5.91 Å². The van der Waals surface area contributed by atoms with Crippen molar-refractivity contribution in [3.63, 3.8) is 0 Å². The third-order valence-electron chi connectivity index (χ3n) is 6.67. The molecule has 0 unspecified atom stereocenters. The molecule has 0 radical (unpaired) electrons. The minimum absolute atomic E-state index is 0.104. The van der Waals surface area contributed by atoms with Crippen LogP contribution in [0.25, 0.3) is 0 Å². The van der Waals surface area contributed by atoms with Crippen molar-refractivity contribution < 1.29 is 13.2 Å². The first kappa shape index (κ1) is 18.0. The maximum absolute atomic E-state index is 12.5. The number of carbonyl (C=O) groups excluding carboxylic acids is 1. The van der Waals surface area contributed by atoms with E-state index in [-0.39, 0.29) is 16.2 Å². The highest BCUT2D eigenvalue weighted by Gasteiger charge is 2.51. The fraction of sp³-hybridized carbons (Fsp3) is 0.650. The summed E-state index contributed by atoms with van der Waals surface area (Å²) in [5.74, 6) is 2.13. The van der Waals surface area contributed by atoms with Gasteiger partial charge in [0.05, 0.1) is 4.90 Å². The van der Waals surface area contributed by atoms with Gasteiger partial charge in [-0.3, -0.25) is 10.2 Å². The second-order valence-electron chi connectivity index (χ2n) is 8.75. The molecule has 1 aromatic rings. The van der Waals surface area contributed by atoms with E-state index in [1.165, 1.54) is 19.3 Å². The van der Waals surface area contributed by atoms with Gasteiger partial charge in [-0.25, -0.2) is 8.42 Å². The molecule has 0 heterocycles. The van der Waals surface area contributed by atoms with Gasteiger partial charge in [0.15, 0.2) is 0 Å². The minimum atomic E-state index is -3.73. The first-order valence-electron chi connectivity index (χ1n) is 9.77. The lowest BCUT2D eigenvalue weighted by Gasteiger charge is -2.56. The van der Waals surface area contributed by atoms with Crippen LogP contribution in [-0.4, -0.2) is 14.3 Å². The van der Waals surface area contributed by atoms with Crippen LogP contribution < -0.4 is 10.3 Å². The summed E-state index contributed by atoms with van der Waals surface area (Å²) in [6, 6.07) is 6.75. The Kier molecular flexibility index (Phi) is 4.59. The Morgan fingerprint density at radius 1 is 1.04 bits per heavy atom. The van der Waals surface area contributed by atoms with Crippen LogP contribution in [0.2, 0.25) is 0 Å². The second kappa shape index (κ2) is 6.64. The summed E-state index contributed by atoms with van der Waals surface area (Å²) in [5.41, 5.74) is 3.63. The fourth-order valence-corrected chi connectivity index (χ4v) is 6.84. The number of rotatable bonds is 6. The molecule has 1 aromatic carbocycles. The molecule has 4 fully saturated rings. The number of hydrogen-bond acceptors (Lipinski definition) is 3. The third kappa shape index (κ3) is 3.54. The molecule has 142 valence electrons. The zero-order chi connectivity index (χ0) is 18.4. The number of amides is 1. The van der Waals surface area contributed by atoms with Crippen LogP contribution in [-0.2, 0) is 21.2 Å². The number of hydrogen-bond donors (Lipinski definition) is 2. The van der Waals surface area contributed by atoms with Crippen LogP contribution >= 0.6 is 0 Å². The molecule has 0 aliphatic heterocycles. The molecule has 4 saturated carbocycles. The van der Waals surface area contributed by atoms with Crippen LogP contribution in [0.4, 0.5) is 0 Å². The molecule has 5 rings (SSSR count). The highest BCUT2D eigenvalue weighted by molar-refractivity contribution is 7.89. The van der Waals surface area contributed by atoms with E-state index in [0.29, 0.717) is 6.42 Å². The summed E-state index contributed by atoms with van der Waals surface area (Å²) in [7, 11) is -3.73. The normalized spacial score (nSPS) is 32.6. The first-order valence-corrected chi connectivity index (χ1v) is 11.3. The summed E-state index contributed by atoms with van der Waals surface area (Å²) < 4.78 is 24.7. The van der Waals surface area contributed by atoms with Crippen LogP contribution in [0, 0.1) is 23.2 Å². The van der Waals surface area contributed by atoms with Gasteiger partial charge >= 0.3 is 0 Å². The monoisotopic (exact) mass is 376 g/mol. The average molecular weight is 377 g/mol. The summed E-state index contributed by atoms with van der Waals surface area (Å²) in [6.45, 7) is 2.02. The average Bonchev–Trinajstić information content (AvgIpc) is 2.58. The van der Waals surface area contributed by atoms with Gasteiger partial charge in [0.1, 0.15) is 0 Å². The predicted octanol–water partition coefficient (Wildman–Crippen LogP) is 3.17. The quantitative estimate of drug-likeness (QED) is 0.749. The zero-order valence-electron chi connectivity index (χ0n) is 15.3. The van der Waals surface area contributed by atoms with Crippen LogP contribution in [0.15, 0.2) is 29.2 Å². The van der Waals surface area contributed by atoms with Gasteiger partial charge in [-0.1, -0.05) is 19.1 Å². The molecule has 0 saturated heterocycles. The van der Waals surface area contributed by atoms with Crippen molar-refractivity contribution in [2.45, 2.75) is 63.2 Å². The summed E-state index contributed by atoms with van der Waals surface area (Å²) in [4.78, 5) is 14.9. The smallest absolute Gasteiger partial charge is 0.257 e. The van der Waals surface area contributed by atoms with Crippen molar-refractivity contribution in [2.24, 2.45) is 23.2 Å².